The Bertz CT molecular complexity index is 985. The van der Waals surface area contributed by atoms with Gasteiger partial charge in [0.25, 0.3) is 0 Å². The van der Waals surface area contributed by atoms with Gasteiger partial charge in [0.15, 0.2) is 5.78 Å². The highest BCUT2D eigenvalue weighted by molar-refractivity contribution is 7.89. The van der Waals surface area contributed by atoms with Crippen molar-refractivity contribution < 1.29 is 22.4 Å². The average molecular weight is 445 g/mol. The number of ketones is 1. The number of hydrogen-bond acceptors (Lipinski definition) is 5. The zero-order valence-corrected chi connectivity index (χ0v) is 17.2. The number of piperazine rings is 1. The Kier molecular flexibility index (Phi) is 6.49. The number of rotatable bonds is 6. The minimum Gasteiger partial charge on any atom is -0.340 e. The number of halogens is 2. The van der Waals surface area contributed by atoms with Gasteiger partial charge in [-0.1, -0.05) is 17.7 Å². The molecule has 28 heavy (non-hydrogen) atoms. The second-order valence-corrected chi connectivity index (χ2v) is 9.92. The van der Waals surface area contributed by atoms with Gasteiger partial charge < -0.3 is 4.90 Å². The molecule has 1 aliphatic heterocycles. The number of nitrogens with zero attached hydrogens (tertiary/aromatic N) is 2. The standard InChI is InChI=1S/C18H18ClFN2O4S2/c19-17-6-5-16(27-17)15(23)4-7-18(24)21-8-10-22(11-9-21)28(25,26)14-3-1-2-13(20)12-14/h1-3,5-6,12H,4,7-11H2. The molecule has 2 heterocycles. The van der Waals surface area contributed by atoms with Crippen LogP contribution < -0.4 is 0 Å². The van der Waals surface area contributed by atoms with Gasteiger partial charge in [-0.3, -0.25) is 9.59 Å². The molecule has 0 saturated carbocycles. The number of thiophene rings is 1. The first kappa shape index (κ1) is 20.9. The fourth-order valence-electron chi connectivity index (χ4n) is 2.92. The fourth-order valence-corrected chi connectivity index (χ4v) is 5.39. The number of sulfonamides is 1. The molecule has 2 aromatic rings. The van der Waals surface area contributed by atoms with Crippen LogP contribution in [0.25, 0.3) is 0 Å². The molecule has 1 aliphatic rings. The largest absolute Gasteiger partial charge is 0.340 e. The van der Waals surface area contributed by atoms with E-state index < -0.39 is 15.8 Å². The van der Waals surface area contributed by atoms with Crippen molar-refractivity contribution in [3.8, 4) is 0 Å². The maximum absolute atomic E-state index is 13.3. The van der Waals surface area contributed by atoms with E-state index in [0.29, 0.717) is 9.21 Å². The summed E-state index contributed by atoms with van der Waals surface area (Å²) in [4.78, 5) is 26.4. The normalized spacial score (nSPS) is 15.6. The van der Waals surface area contributed by atoms with Crippen LogP contribution in [-0.4, -0.2) is 55.5 Å². The Morgan fingerprint density at radius 1 is 1.07 bits per heavy atom. The maximum atomic E-state index is 13.3. The number of carbonyl (C=O) groups is 2. The van der Waals surface area contributed by atoms with E-state index in [1.807, 2.05) is 0 Å². The Morgan fingerprint density at radius 2 is 1.79 bits per heavy atom. The smallest absolute Gasteiger partial charge is 0.243 e. The summed E-state index contributed by atoms with van der Waals surface area (Å²) in [5.74, 6) is -0.956. The van der Waals surface area contributed by atoms with Crippen LogP contribution in [0.5, 0.6) is 0 Å². The summed E-state index contributed by atoms with van der Waals surface area (Å²) in [6, 6.07) is 8.13. The van der Waals surface area contributed by atoms with Crippen molar-refractivity contribution in [2.24, 2.45) is 0 Å². The highest BCUT2D eigenvalue weighted by Crippen LogP contribution is 2.23. The quantitative estimate of drug-likeness (QED) is 0.642. The predicted molar refractivity (Wildman–Crippen MR) is 105 cm³/mol. The van der Waals surface area contributed by atoms with E-state index in [9.17, 15) is 22.4 Å². The zero-order valence-electron chi connectivity index (χ0n) is 14.8. The first-order valence-corrected chi connectivity index (χ1v) is 11.2. The first-order chi connectivity index (χ1) is 13.3. The predicted octanol–water partition coefficient (Wildman–Crippen LogP) is 3.04. The van der Waals surface area contributed by atoms with Gasteiger partial charge in [-0.15, -0.1) is 11.3 Å². The van der Waals surface area contributed by atoms with Gasteiger partial charge in [0.05, 0.1) is 14.1 Å². The van der Waals surface area contributed by atoms with Crippen LogP contribution in [0.3, 0.4) is 0 Å². The van der Waals surface area contributed by atoms with Crippen LogP contribution in [0.2, 0.25) is 4.34 Å². The van der Waals surface area contributed by atoms with Crippen LogP contribution in [0.15, 0.2) is 41.3 Å². The van der Waals surface area contributed by atoms with Crippen molar-refractivity contribution in [1.29, 1.82) is 0 Å². The first-order valence-electron chi connectivity index (χ1n) is 8.59. The van der Waals surface area contributed by atoms with Gasteiger partial charge in [-0.05, 0) is 30.3 Å². The lowest BCUT2D eigenvalue weighted by atomic mass is 10.1. The molecule has 0 aliphatic carbocycles. The summed E-state index contributed by atoms with van der Waals surface area (Å²) in [6.45, 7) is 0.705. The van der Waals surface area contributed by atoms with Crippen molar-refractivity contribution in [2.75, 3.05) is 26.2 Å². The molecule has 1 aromatic carbocycles. The van der Waals surface area contributed by atoms with E-state index in [1.54, 1.807) is 17.0 Å². The molecule has 0 atom stereocenters. The van der Waals surface area contributed by atoms with Gasteiger partial charge >= 0.3 is 0 Å². The van der Waals surface area contributed by atoms with E-state index in [0.717, 1.165) is 6.07 Å². The van der Waals surface area contributed by atoms with Crippen LogP contribution in [-0.2, 0) is 14.8 Å². The summed E-state index contributed by atoms with van der Waals surface area (Å²) in [7, 11) is -3.80. The topological polar surface area (TPSA) is 74.8 Å². The fraction of sp³-hybridized carbons (Fsp3) is 0.333. The average Bonchev–Trinajstić information content (AvgIpc) is 3.12. The third-order valence-electron chi connectivity index (χ3n) is 4.44. The van der Waals surface area contributed by atoms with Gasteiger partial charge in [0.2, 0.25) is 15.9 Å². The van der Waals surface area contributed by atoms with Crippen LogP contribution in [0.1, 0.15) is 22.5 Å². The number of hydrogen-bond donors (Lipinski definition) is 0. The molecule has 1 fully saturated rings. The summed E-state index contributed by atoms with van der Waals surface area (Å²) in [6.07, 6.45) is 0.141. The summed E-state index contributed by atoms with van der Waals surface area (Å²) in [5, 5.41) is 0. The molecule has 0 unspecified atom stereocenters. The lowest BCUT2D eigenvalue weighted by Gasteiger charge is -2.34. The molecule has 10 heteroatoms. The van der Waals surface area contributed by atoms with E-state index >= 15 is 0 Å². The number of benzene rings is 1. The van der Waals surface area contributed by atoms with Crippen molar-refractivity contribution in [3.63, 3.8) is 0 Å². The molecule has 150 valence electrons. The van der Waals surface area contributed by atoms with Crippen LogP contribution in [0, 0.1) is 5.82 Å². The molecule has 0 spiro atoms. The molecular formula is C18H18ClFN2O4S2. The Labute approximate surface area is 171 Å². The Morgan fingerprint density at radius 3 is 2.39 bits per heavy atom. The number of carbonyl (C=O) groups excluding carboxylic acids is 2. The molecule has 0 radical (unpaired) electrons. The summed E-state index contributed by atoms with van der Waals surface area (Å²) >= 11 is 6.98. The molecule has 0 bridgehead atoms. The van der Waals surface area contributed by atoms with Crippen molar-refractivity contribution in [2.45, 2.75) is 17.7 Å². The lowest BCUT2D eigenvalue weighted by Crippen LogP contribution is -2.50. The van der Waals surface area contributed by atoms with Crippen molar-refractivity contribution in [3.05, 3.63) is 51.4 Å². The molecule has 0 N–H and O–H groups in total. The molecule has 1 aromatic heterocycles. The second-order valence-electron chi connectivity index (χ2n) is 6.27. The van der Waals surface area contributed by atoms with Gasteiger partial charge in [-0.2, -0.15) is 4.31 Å². The second kappa shape index (κ2) is 8.69. The lowest BCUT2D eigenvalue weighted by molar-refractivity contribution is -0.132. The van der Waals surface area contributed by atoms with Gasteiger partial charge in [0.1, 0.15) is 5.82 Å². The minimum atomic E-state index is -3.80. The zero-order chi connectivity index (χ0) is 20.3. The van der Waals surface area contributed by atoms with E-state index in [2.05, 4.69) is 0 Å². The highest BCUT2D eigenvalue weighted by atomic mass is 35.5. The molecule has 1 saturated heterocycles. The van der Waals surface area contributed by atoms with Gasteiger partial charge in [-0.25, -0.2) is 12.8 Å². The van der Waals surface area contributed by atoms with Crippen molar-refractivity contribution in [1.82, 2.24) is 9.21 Å². The summed E-state index contributed by atoms with van der Waals surface area (Å²) < 4.78 is 40.3. The molecule has 3 rings (SSSR count). The van der Waals surface area contributed by atoms with Crippen LogP contribution in [0.4, 0.5) is 4.39 Å². The third-order valence-corrected chi connectivity index (χ3v) is 7.61. The molecule has 1 amide bonds. The molecular weight excluding hydrogens is 427 g/mol. The molecule has 6 nitrogen and oxygen atoms in total. The Balaban J connectivity index is 1.53. The third kappa shape index (κ3) is 4.78. The van der Waals surface area contributed by atoms with E-state index in [4.69, 9.17) is 11.6 Å². The highest BCUT2D eigenvalue weighted by Gasteiger charge is 2.30. The van der Waals surface area contributed by atoms with E-state index in [1.165, 1.54) is 33.8 Å². The van der Waals surface area contributed by atoms with Gasteiger partial charge in [0, 0.05) is 39.0 Å². The van der Waals surface area contributed by atoms with E-state index in [-0.39, 0.29) is 55.6 Å². The maximum Gasteiger partial charge on any atom is 0.243 e. The minimum absolute atomic E-state index is 0.0605. The number of Topliss-reactive ketones (excluding diaryl/α,β-unsaturated/α-hetero) is 1. The monoisotopic (exact) mass is 444 g/mol. The SMILES string of the molecule is O=C(CCC(=O)N1CCN(S(=O)(=O)c2cccc(F)c2)CC1)c1ccc(Cl)s1. The van der Waals surface area contributed by atoms with Crippen molar-refractivity contribution >= 4 is 44.7 Å². The summed E-state index contributed by atoms with van der Waals surface area (Å²) in [5.41, 5.74) is 0. The van der Waals surface area contributed by atoms with Crippen LogP contribution >= 0.6 is 22.9 Å². The Hall–Kier alpha value is -1.81. The number of amides is 1.